The highest BCUT2D eigenvalue weighted by atomic mass is 16.5. The minimum absolute atomic E-state index is 0.537. The zero-order chi connectivity index (χ0) is 10.8. The Morgan fingerprint density at radius 3 is 2.93 bits per heavy atom. The lowest BCUT2D eigenvalue weighted by molar-refractivity contribution is 0.411. The molecule has 15 heavy (non-hydrogen) atoms. The van der Waals surface area contributed by atoms with Gasteiger partial charge in [0.25, 0.3) is 0 Å². The maximum atomic E-state index is 5.39. The first-order valence-corrected chi connectivity index (χ1v) is 5.30. The van der Waals surface area contributed by atoms with Gasteiger partial charge in [0.1, 0.15) is 5.75 Å². The minimum atomic E-state index is 0.537. The summed E-state index contributed by atoms with van der Waals surface area (Å²) in [5.41, 5.74) is 2.61. The zero-order valence-electron chi connectivity index (χ0n) is 9.58. The highest BCUT2D eigenvalue weighted by molar-refractivity contribution is 5.65. The SMILES string of the molecule is CNC1Cc2cccc(OC)c2N(C)C1. The molecule has 0 amide bonds. The van der Waals surface area contributed by atoms with Crippen molar-refractivity contribution in [3.8, 4) is 5.75 Å². The first-order valence-electron chi connectivity index (χ1n) is 5.30. The standard InChI is InChI=1S/C12H18N2O/c1-13-10-7-9-5-4-6-11(15-3)12(9)14(2)8-10/h4-6,10,13H,7-8H2,1-3H3. The van der Waals surface area contributed by atoms with Crippen molar-refractivity contribution < 1.29 is 4.74 Å². The van der Waals surface area contributed by atoms with E-state index in [0.717, 1.165) is 18.7 Å². The molecule has 3 nitrogen and oxygen atoms in total. The van der Waals surface area contributed by atoms with E-state index >= 15 is 0 Å². The van der Waals surface area contributed by atoms with E-state index in [0.29, 0.717) is 6.04 Å². The molecule has 0 spiro atoms. The number of anilines is 1. The third-order valence-corrected chi connectivity index (χ3v) is 3.05. The van der Waals surface area contributed by atoms with Crippen LogP contribution in [-0.2, 0) is 6.42 Å². The fourth-order valence-corrected chi connectivity index (χ4v) is 2.28. The Kier molecular flexibility index (Phi) is 2.82. The van der Waals surface area contributed by atoms with Gasteiger partial charge in [-0.2, -0.15) is 0 Å². The topological polar surface area (TPSA) is 24.5 Å². The number of rotatable bonds is 2. The molecule has 0 saturated heterocycles. The molecular formula is C12H18N2O. The normalized spacial score (nSPS) is 19.9. The maximum absolute atomic E-state index is 5.39. The molecular weight excluding hydrogens is 188 g/mol. The minimum Gasteiger partial charge on any atom is -0.495 e. The first-order chi connectivity index (χ1) is 7.26. The molecule has 1 unspecified atom stereocenters. The fraction of sp³-hybridized carbons (Fsp3) is 0.500. The van der Waals surface area contributed by atoms with Crippen molar-refractivity contribution in [3.63, 3.8) is 0 Å². The molecule has 0 radical (unpaired) electrons. The monoisotopic (exact) mass is 206 g/mol. The highest BCUT2D eigenvalue weighted by Crippen LogP contribution is 2.34. The molecule has 1 aliphatic rings. The number of methoxy groups -OCH3 is 1. The summed E-state index contributed by atoms with van der Waals surface area (Å²) in [5, 5.41) is 3.33. The number of ether oxygens (including phenoxy) is 1. The van der Waals surface area contributed by atoms with Gasteiger partial charge in [0, 0.05) is 19.6 Å². The van der Waals surface area contributed by atoms with Crippen LogP contribution in [-0.4, -0.2) is 33.8 Å². The summed E-state index contributed by atoms with van der Waals surface area (Å²) in [7, 11) is 5.86. The van der Waals surface area contributed by atoms with Crippen LogP contribution in [0.15, 0.2) is 18.2 Å². The van der Waals surface area contributed by atoms with Crippen molar-refractivity contribution in [1.82, 2.24) is 5.32 Å². The summed E-state index contributed by atoms with van der Waals surface area (Å²) in [4.78, 5) is 2.26. The summed E-state index contributed by atoms with van der Waals surface area (Å²) in [6.07, 6.45) is 1.08. The van der Waals surface area contributed by atoms with Crippen LogP contribution < -0.4 is 15.0 Å². The number of nitrogens with one attached hydrogen (secondary N) is 1. The second-order valence-corrected chi connectivity index (χ2v) is 4.04. The smallest absolute Gasteiger partial charge is 0.142 e. The average molecular weight is 206 g/mol. The molecule has 0 saturated carbocycles. The Balaban J connectivity index is 2.40. The van der Waals surface area contributed by atoms with Gasteiger partial charge in [-0.15, -0.1) is 0 Å². The Morgan fingerprint density at radius 1 is 1.47 bits per heavy atom. The lowest BCUT2D eigenvalue weighted by atomic mass is 9.98. The van der Waals surface area contributed by atoms with E-state index in [1.54, 1.807) is 7.11 Å². The van der Waals surface area contributed by atoms with E-state index < -0.39 is 0 Å². The molecule has 0 aromatic heterocycles. The molecule has 3 heteroatoms. The number of likely N-dealkylation sites (N-methyl/N-ethyl adjacent to an activating group) is 2. The van der Waals surface area contributed by atoms with Crippen LogP contribution in [0.1, 0.15) is 5.56 Å². The van der Waals surface area contributed by atoms with Crippen LogP contribution in [0.4, 0.5) is 5.69 Å². The summed E-state index contributed by atoms with van der Waals surface area (Å²) in [6, 6.07) is 6.80. The van der Waals surface area contributed by atoms with Crippen LogP contribution in [0.25, 0.3) is 0 Å². The van der Waals surface area contributed by atoms with Crippen LogP contribution >= 0.6 is 0 Å². The molecule has 1 aromatic carbocycles. The van der Waals surface area contributed by atoms with Crippen LogP contribution in [0.2, 0.25) is 0 Å². The Bertz CT molecular complexity index is 351. The molecule has 1 N–H and O–H groups in total. The molecule has 0 fully saturated rings. The molecule has 1 atom stereocenters. The Morgan fingerprint density at radius 2 is 2.27 bits per heavy atom. The van der Waals surface area contributed by atoms with E-state index in [1.165, 1.54) is 11.3 Å². The van der Waals surface area contributed by atoms with E-state index in [2.05, 4.69) is 29.4 Å². The molecule has 2 rings (SSSR count). The third-order valence-electron chi connectivity index (χ3n) is 3.05. The van der Waals surface area contributed by atoms with Crippen LogP contribution in [0.3, 0.4) is 0 Å². The average Bonchev–Trinajstić information content (AvgIpc) is 2.27. The van der Waals surface area contributed by atoms with Gasteiger partial charge in [-0.1, -0.05) is 12.1 Å². The van der Waals surface area contributed by atoms with Gasteiger partial charge >= 0.3 is 0 Å². The Labute approximate surface area is 91.0 Å². The molecule has 1 heterocycles. The second-order valence-electron chi connectivity index (χ2n) is 4.04. The van der Waals surface area contributed by atoms with Crippen molar-refractivity contribution in [2.75, 3.05) is 32.6 Å². The third kappa shape index (κ3) is 1.79. The van der Waals surface area contributed by atoms with Crippen molar-refractivity contribution in [2.45, 2.75) is 12.5 Å². The van der Waals surface area contributed by atoms with Crippen LogP contribution in [0, 0.1) is 0 Å². The number of hydrogen-bond donors (Lipinski definition) is 1. The number of hydrogen-bond acceptors (Lipinski definition) is 3. The number of benzene rings is 1. The van der Waals surface area contributed by atoms with Gasteiger partial charge in [0.15, 0.2) is 0 Å². The van der Waals surface area contributed by atoms with E-state index in [1.807, 2.05) is 13.1 Å². The predicted octanol–water partition coefficient (Wildman–Crippen LogP) is 1.28. The number of fused-ring (bicyclic) bond motifs is 1. The largest absolute Gasteiger partial charge is 0.495 e. The van der Waals surface area contributed by atoms with Gasteiger partial charge < -0.3 is 15.0 Å². The molecule has 1 aliphatic heterocycles. The Hall–Kier alpha value is -1.22. The van der Waals surface area contributed by atoms with E-state index in [4.69, 9.17) is 4.74 Å². The zero-order valence-corrected chi connectivity index (χ0v) is 9.58. The van der Waals surface area contributed by atoms with Gasteiger partial charge in [-0.25, -0.2) is 0 Å². The molecule has 0 bridgehead atoms. The van der Waals surface area contributed by atoms with E-state index in [-0.39, 0.29) is 0 Å². The summed E-state index contributed by atoms with van der Waals surface area (Å²) in [5.74, 6) is 0.976. The van der Waals surface area contributed by atoms with Gasteiger partial charge in [0.05, 0.1) is 12.8 Å². The quantitative estimate of drug-likeness (QED) is 0.789. The number of nitrogens with zero attached hydrogens (tertiary/aromatic N) is 1. The maximum Gasteiger partial charge on any atom is 0.142 e. The first kappa shape index (κ1) is 10.3. The lowest BCUT2D eigenvalue weighted by Gasteiger charge is -2.34. The van der Waals surface area contributed by atoms with Crippen molar-refractivity contribution >= 4 is 5.69 Å². The molecule has 82 valence electrons. The van der Waals surface area contributed by atoms with Gasteiger partial charge in [-0.05, 0) is 25.1 Å². The molecule has 1 aromatic rings. The van der Waals surface area contributed by atoms with Crippen molar-refractivity contribution in [2.24, 2.45) is 0 Å². The number of para-hydroxylation sites is 1. The highest BCUT2D eigenvalue weighted by Gasteiger charge is 2.23. The fourth-order valence-electron chi connectivity index (χ4n) is 2.28. The summed E-state index contributed by atoms with van der Waals surface area (Å²) in [6.45, 7) is 1.03. The van der Waals surface area contributed by atoms with Gasteiger partial charge in [-0.3, -0.25) is 0 Å². The lowest BCUT2D eigenvalue weighted by Crippen LogP contribution is -2.43. The van der Waals surface area contributed by atoms with Gasteiger partial charge in [0.2, 0.25) is 0 Å². The van der Waals surface area contributed by atoms with Crippen molar-refractivity contribution in [3.05, 3.63) is 23.8 Å². The summed E-state index contributed by atoms with van der Waals surface area (Å²) >= 11 is 0. The second kappa shape index (κ2) is 4.11. The summed E-state index contributed by atoms with van der Waals surface area (Å²) < 4.78 is 5.39. The van der Waals surface area contributed by atoms with Crippen LogP contribution in [0.5, 0.6) is 5.75 Å². The van der Waals surface area contributed by atoms with E-state index in [9.17, 15) is 0 Å². The predicted molar refractivity (Wildman–Crippen MR) is 62.8 cm³/mol. The molecule has 0 aliphatic carbocycles. The van der Waals surface area contributed by atoms with Crippen molar-refractivity contribution in [1.29, 1.82) is 0 Å².